The molecule has 1 aromatic carbocycles. The normalized spacial score (nSPS) is 11.3. The predicted octanol–water partition coefficient (Wildman–Crippen LogP) is 1.67. The van der Waals surface area contributed by atoms with Crippen molar-refractivity contribution in [2.45, 2.75) is 12.3 Å². The van der Waals surface area contributed by atoms with Gasteiger partial charge < -0.3 is 9.73 Å². The van der Waals surface area contributed by atoms with Crippen LogP contribution in [0, 0.1) is 0 Å². The molecule has 8 heteroatoms. The van der Waals surface area contributed by atoms with E-state index >= 15 is 0 Å². The largest absolute Gasteiger partial charge is 0.467 e. The number of sulfonamides is 1. The van der Waals surface area contributed by atoms with Gasteiger partial charge in [0.25, 0.3) is 0 Å². The first-order valence-electron chi connectivity index (χ1n) is 6.45. The lowest BCUT2D eigenvalue weighted by Crippen LogP contribution is -2.37. The highest BCUT2D eigenvalue weighted by molar-refractivity contribution is 7.88. The molecular formula is C14H15ClN2O4S. The Labute approximate surface area is 133 Å². The van der Waals surface area contributed by atoms with Crippen molar-refractivity contribution in [2.75, 3.05) is 6.54 Å². The molecule has 2 aromatic rings. The van der Waals surface area contributed by atoms with Crippen LogP contribution < -0.4 is 10.0 Å². The molecular weight excluding hydrogens is 328 g/mol. The van der Waals surface area contributed by atoms with Crippen molar-refractivity contribution in [3.05, 3.63) is 59.0 Å². The Kier molecular flexibility index (Phi) is 5.59. The van der Waals surface area contributed by atoms with Crippen molar-refractivity contribution in [1.82, 2.24) is 10.0 Å². The van der Waals surface area contributed by atoms with Gasteiger partial charge >= 0.3 is 0 Å². The van der Waals surface area contributed by atoms with Crippen LogP contribution >= 0.6 is 11.6 Å². The second-order valence-corrected chi connectivity index (χ2v) is 6.81. The number of hydrogen-bond donors (Lipinski definition) is 2. The Hall–Kier alpha value is -1.83. The molecule has 0 aliphatic heterocycles. The van der Waals surface area contributed by atoms with Crippen LogP contribution in [0.1, 0.15) is 11.3 Å². The quantitative estimate of drug-likeness (QED) is 0.801. The Bertz CT molecular complexity index is 712. The van der Waals surface area contributed by atoms with E-state index in [4.69, 9.17) is 16.0 Å². The van der Waals surface area contributed by atoms with E-state index in [9.17, 15) is 13.2 Å². The van der Waals surface area contributed by atoms with Crippen molar-refractivity contribution in [3.63, 3.8) is 0 Å². The summed E-state index contributed by atoms with van der Waals surface area (Å²) in [5.74, 6) is -0.0521. The van der Waals surface area contributed by atoms with E-state index in [1.54, 1.807) is 36.4 Å². The molecule has 0 radical (unpaired) electrons. The Morgan fingerprint density at radius 1 is 1.18 bits per heavy atom. The number of hydrogen-bond acceptors (Lipinski definition) is 4. The zero-order valence-corrected chi connectivity index (χ0v) is 13.2. The predicted molar refractivity (Wildman–Crippen MR) is 82.6 cm³/mol. The van der Waals surface area contributed by atoms with E-state index in [1.165, 1.54) is 6.26 Å². The number of carbonyl (C=O) groups is 1. The molecule has 0 atom stereocenters. The molecule has 6 nitrogen and oxygen atoms in total. The molecule has 22 heavy (non-hydrogen) atoms. The number of carbonyl (C=O) groups excluding carboxylic acids is 1. The van der Waals surface area contributed by atoms with E-state index in [2.05, 4.69) is 10.0 Å². The van der Waals surface area contributed by atoms with Gasteiger partial charge in [-0.1, -0.05) is 23.7 Å². The number of benzene rings is 1. The first-order chi connectivity index (χ1) is 10.4. The van der Waals surface area contributed by atoms with Crippen molar-refractivity contribution in [3.8, 4) is 0 Å². The number of amides is 1. The van der Waals surface area contributed by atoms with Gasteiger partial charge in [0.15, 0.2) is 0 Å². The summed E-state index contributed by atoms with van der Waals surface area (Å²) >= 11 is 5.74. The minimum atomic E-state index is -3.59. The molecule has 118 valence electrons. The second-order valence-electron chi connectivity index (χ2n) is 4.56. The van der Waals surface area contributed by atoms with E-state index < -0.39 is 15.9 Å². The summed E-state index contributed by atoms with van der Waals surface area (Å²) in [7, 11) is -3.59. The Morgan fingerprint density at radius 2 is 1.91 bits per heavy atom. The van der Waals surface area contributed by atoms with E-state index in [-0.39, 0.29) is 18.8 Å². The van der Waals surface area contributed by atoms with E-state index in [0.717, 1.165) is 0 Å². The molecule has 0 spiro atoms. The fourth-order valence-corrected chi connectivity index (χ4v) is 2.90. The lowest BCUT2D eigenvalue weighted by atomic mass is 10.2. The van der Waals surface area contributed by atoms with Crippen LogP contribution in [0.2, 0.25) is 5.02 Å². The highest BCUT2D eigenvalue weighted by Gasteiger charge is 2.13. The molecule has 0 saturated heterocycles. The molecule has 2 rings (SSSR count). The smallest absolute Gasteiger partial charge is 0.235 e. The highest BCUT2D eigenvalue weighted by atomic mass is 35.5. The van der Waals surface area contributed by atoms with Crippen molar-refractivity contribution >= 4 is 27.5 Å². The number of nitrogens with one attached hydrogen (secondary N) is 2. The molecule has 1 aromatic heterocycles. The summed E-state index contributed by atoms with van der Waals surface area (Å²) in [5, 5.41) is 3.09. The maximum Gasteiger partial charge on any atom is 0.235 e. The standard InChI is InChI=1S/C14H15ClN2O4S/c15-12-5-3-11(4-6-12)10-22(19,20)17-9-14(18)16-8-13-2-1-7-21-13/h1-7,17H,8-10H2,(H,16,18). The SMILES string of the molecule is O=C(CNS(=O)(=O)Cc1ccc(Cl)cc1)NCc1ccco1. The number of halogens is 1. The van der Waals surface area contributed by atoms with Gasteiger partial charge in [0.1, 0.15) is 5.76 Å². The average molecular weight is 343 g/mol. The second kappa shape index (κ2) is 7.44. The topological polar surface area (TPSA) is 88.4 Å². The van der Waals surface area contributed by atoms with Gasteiger partial charge in [-0.05, 0) is 29.8 Å². The molecule has 2 N–H and O–H groups in total. The number of furan rings is 1. The highest BCUT2D eigenvalue weighted by Crippen LogP contribution is 2.11. The van der Waals surface area contributed by atoms with E-state index in [0.29, 0.717) is 16.3 Å². The zero-order valence-electron chi connectivity index (χ0n) is 11.6. The maximum absolute atomic E-state index is 11.9. The summed E-state index contributed by atoms with van der Waals surface area (Å²) in [6, 6.07) is 9.89. The van der Waals surface area contributed by atoms with Crippen molar-refractivity contribution < 1.29 is 17.6 Å². The molecule has 0 fully saturated rings. The Balaban J connectivity index is 1.79. The molecule has 0 saturated carbocycles. The van der Waals surface area contributed by atoms with Gasteiger partial charge in [-0.15, -0.1) is 0 Å². The lowest BCUT2D eigenvalue weighted by molar-refractivity contribution is -0.120. The summed E-state index contributed by atoms with van der Waals surface area (Å²) in [6.07, 6.45) is 1.50. The fourth-order valence-electron chi connectivity index (χ4n) is 1.69. The first kappa shape index (κ1) is 16.5. The van der Waals surface area contributed by atoms with Crippen LogP contribution in [0.25, 0.3) is 0 Å². The molecule has 0 unspecified atom stereocenters. The molecule has 1 amide bonds. The summed E-state index contributed by atoms with van der Waals surface area (Å²) < 4.78 is 31.1. The van der Waals surface area contributed by atoms with E-state index in [1.807, 2.05) is 0 Å². The van der Waals surface area contributed by atoms with Gasteiger partial charge in [0.2, 0.25) is 15.9 Å². The minimum Gasteiger partial charge on any atom is -0.467 e. The maximum atomic E-state index is 11.9. The van der Waals surface area contributed by atoms with Crippen LogP contribution in [0.3, 0.4) is 0 Å². The van der Waals surface area contributed by atoms with Gasteiger partial charge in [-0.25, -0.2) is 13.1 Å². The first-order valence-corrected chi connectivity index (χ1v) is 8.48. The summed E-state index contributed by atoms with van der Waals surface area (Å²) in [6.45, 7) is -0.110. The van der Waals surface area contributed by atoms with Crippen molar-refractivity contribution in [2.24, 2.45) is 0 Å². The fraction of sp³-hybridized carbons (Fsp3) is 0.214. The molecule has 1 heterocycles. The lowest BCUT2D eigenvalue weighted by Gasteiger charge is -2.07. The van der Waals surface area contributed by atoms with Gasteiger partial charge in [0, 0.05) is 5.02 Å². The van der Waals surface area contributed by atoms with Crippen LogP contribution in [0.4, 0.5) is 0 Å². The van der Waals surface area contributed by atoms with Gasteiger partial charge in [0.05, 0.1) is 25.1 Å². The summed E-state index contributed by atoms with van der Waals surface area (Å²) in [5.41, 5.74) is 0.591. The summed E-state index contributed by atoms with van der Waals surface area (Å²) in [4.78, 5) is 11.6. The number of rotatable bonds is 7. The monoisotopic (exact) mass is 342 g/mol. The zero-order chi connectivity index (χ0) is 16.0. The van der Waals surface area contributed by atoms with Crippen LogP contribution in [0.5, 0.6) is 0 Å². The third kappa shape index (κ3) is 5.51. The van der Waals surface area contributed by atoms with Crippen LogP contribution in [0.15, 0.2) is 47.1 Å². The van der Waals surface area contributed by atoms with Crippen LogP contribution in [-0.4, -0.2) is 20.9 Å². The Morgan fingerprint density at radius 3 is 2.55 bits per heavy atom. The van der Waals surface area contributed by atoms with Gasteiger partial charge in [-0.2, -0.15) is 0 Å². The van der Waals surface area contributed by atoms with Crippen LogP contribution in [-0.2, 0) is 27.1 Å². The molecule has 0 aliphatic carbocycles. The third-order valence-electron chi connectivity index (χ3n) is 2.76. The molecule has 0 aliphatic rings. The third-order valence-corrected chi connectivity index (χ3v) is 4.31. The van der Waals surface area contributed by atoms with Gasteiger partial charge in [-0.3, -0.25) is 4.79 Å². The average Bonchev–Trinajstić information content (AvgIpc) is 2.99. The van der Waals surface area contributed by atoms with Crippen molar-refractivity contribution in [1.29, 1.82) is 0 Å². The minimum absolute atomic E-state index is 0.213. The molecule has 0 bridgehead atoms.